The maximum Gasteiger partial charge on any atom is 0.255 e. The third kappa shape index (κ3) is 2.03. The van der Waals surface area contributed by atoms with Crippen LogP contribution < -0.4 is 11.1 Å². The number of halogens is 1. The average molecular weight is 325 g/mol. The van der Waals surface area contributed by atoms with Crippen LogP contribution in [-0.4, -0.2) is 60.0 Å². The topological polar surface area (TPSA) is 92.5 Å². The van der Waals surface area contributed by atoms with Crippen molar-refractivity contribution in [1.29, 1.82) is 0 Å². The molecule has 11 heteroatoms. The molecule has 0 bridgehead atoms. The van der Waals surface area contributed by atoms with Gasteiger partial charge in [-0.15, -0.1) is 0 Å². The second-order valence-corrected chi connectivity index (χ2v) is 7.52. The van der Waals surface area contributed by atoms with Crippen LogP contribution in [0.2, 0.25) is 10.4 Å². The van der Waals surface area contributed by atoms with Crippen molar-refractivity contribution in [2.45, 2.75) is 23.0 Å². The quantitative estimate of drug-likeness (QED) is 0.314. The summed E-state index contributed by atoms with van der Waals surface area (Å²) in [6.07, 6.45) is 0. The highest BCUT2D eigenvalue weighted by molar-refractivity contribution is 6.63. The highest BCUT2D eigenvalue weighted by Gasteiger charge is 2.57. The van der Waals surface area contributed by atoms with E-state index < -0.39 is 34.1 Å². The van der Waals surface area contributed by atoms with Crippen LogP contribution in [0.5, 0.6) is 0 Å². The lowest BCUT2D eigenvalue weighted by Gasteiger charge is -2.52. The number of hydrogen-bond acceptors (Lipinski definition) is 4. The van der Waals surface area contributed by atoms with Gasteiger partial charge in [0.25, 0.3) is 5.91 Å². The minimum atomic E-state index is -0.864. The SMILES string of the molecule is BC1(B)C(=O)NC(=O)[C@@H](N2Cc3c(N)cc(F)cc3C2=O)C1(B)B. The fourth-order valence-corrected chi connectivity index (χ4v) is 3.46. The fraction of sp³-hybridized carbons (Fsp3) is 0.308. The molecule has 1 aromatic carbocycles. The first-order valence-corrected chi connectivity index (χ1v) is 7.72. The Morgan fingerprint density at radius 3 is 2.46 bits per heavy atom. The predicted octanol–water partition coefficient (Wildman–Crippen LogP) is -3.85. The van der Waals surface area contributed by atoms with Crippen LogP contribution in [0.4, 0.5) is 10.1 Å². The van der Waals surface area contributed by atoms with Crippen molar-refractivity contribution >= 4 is 54.8 Å². The predicted molar refractivity (Wildman–Crippen MR) is 97.2 cm³/mol. The molecule has 24 heavy (non-hydrogen) atoms. The number of anilines is 1. The Morgan fingerprint density at radius 1 is 1.21 bits per heavy atom. The first kappa shape index (κ1) is 16.7. The summed E-state index contributed by atoms with van der Waals surface area (Å²) < 4.78 is 13.6. The Bertz CT molecular complexity index is 799. The van der Waals surface area contributed by atoms with E-state index in [1.54, 1.807) is 31.4 Å². The number of nitrogen functional groups attached to an aromatic ring is 1. The molecule has 0 saturated carbocycles. The van der Waals surface area contributed by atoms with Crippen molar-refractivity contribution < 1.29 is 18.8 Å². The largest absolute Gasteiger partial charge is 0.398 e. The number of amides is 3. The molecule has 3 amide bonds. The summed E-state index contributed by atoms with van der Waals surface area (Å²) in [5.74, 6) is -1.94. The molecule has 0 radical (unpaired) electrons. The average Bonchev–Trinajstić information content (AvgIpc) is 2.75. The van der Waals surface area contributed by atoms with Crippen molar-refractivity contribution in [1.82, 2.24) is 10.2 Å². The van der Waals surface area contributed by atoms with E-state index >= 15 is 0 Å². The van der Waals surface area contributed by atoms with E-state index in [-0.39, 0.29) is 23.7 Å². The van der Waals surface area contributed by atoms with Gasteiger partial charge in [-0.05, 0) is 17.3 Å². The lowest BCUT2D eigenvalue weighted by molar-refractivity contribution is -0.138. The maximum absolute atomic E-state index is 13.6. The Morgan fingerprint density at radius 2 is 1.83 bits per heavy atom. The van der Waals surface area contributed by atoms with Gasteiger partial charge >= 0.3 is 0 Å². The van der Waals surface area contributed by atoms with Crippen molar-refractivity contribution in [3.8, 4) is 0 Å². The van der Waals surface area contributed by atoms with Crippen LogP contribution in [0.1, 0.15) is 15.9 Å². The van der Waals surface area contributed by atoms with E-state index in [1.807, 2.05) is 0 Å². The smallest absolute Gasteiger partial charge is 0.255 e. The first-order valence-electron chi connectivity index (χ1n) is 7.72. The molecule has 1 aromatic rings. The third-order valence-corrected chi connectivity index (χ3v) is 5.73. The molecule has 1 atom stereocenters. The number of carbonyl (C=O) groups excluding carboxylic acids is 3. The van der Waals surface area contributed by atoms with E-state index in [4.69, 9.17) is 5.73 Å². The zero-order valence-corrected chi connectivity index (χ0v) is 14.1. The van der Waals surface area contributed by atoms with Gasteiger partial charge in [0.2, 0.25) is 11.8 Å². The zero-order valence-electron chi connectivity index (χ0n) is 14.1. The van der Waals surface area contributed by atoms with E-state index in [9.17, 15) is 18.8 Å². The summed E-state index contributed by atoms with van der Waals surface area (Å²) in [6, 6.07) is 1.44. The van der Waals surface area contributed by atoms with Gasteiger partial charge in [0.1, 0.15) is 43.2 Å². The number of nitrogens with one attached hydrogen (secondary N) is 1. The van der Waals surface area contributed by atoms with Gasteiger partial charge < -0.3 is 10.6 Å². The van der Waals surface area contributed by atoms with Crippen LogP contribution in [0.3, 0.4) is 0 Å². The molecule has 1 fully saturated rings. The summed E-state index contributed by atoms with van der Waals surface area (Å²) in [4.78, 5) is 38.9. The van der Waals surface area contributed by atoms with Gasteiger partial charge in [-0.25, -0.2) is 4.39 Å². The monoisotopic (exact) mass is 325 g/mol. The van der Waals surface area contributed by atoms with E-state index in [1.165, 1.54) is 4.90 Å². The molecule has 120 valence electrons. The van der Waals surface area contributed by atoms with Gasteiger partial charge in [0, 0.05) is 23.4 Å². The number of nitrogens with zero attached hydrogens (tertiary/aromatic N) is 1. The lowest BCUT2D eigenvalue weighted by Crippen LogP contribution is -2.66. The number of imide groups is 1. The molecule has 2 aliphatic heterocycles. The zero-order chi connectivity index (χ0) is 18.0. The molecular weight excluding hydrogens is 308 g/mol. The molecule has 6 nitrogen and oxygen atoms in total. The number of piperidine rings is 1. The number of nitrogens with two attached hydrogens (primary N) is 1. The minimum Gasteiger partial charge on any atom is -0.398 e. The minimum absolute atomic E-state index is 0.117. The van der Waals surface area contributed by atoms with Crippen molar-refractivity contribution in [3.05, 3.63) is 29.1 Å². The van der Waals surface area contributed by atoms with E-state index in [0.717, 1.165) is 12.1 Å². The van der Waals surface area contributed by atoms with Crippen LogP contribution in [0, 0.1) is 5.82 Å². The van der Waals surface area contributed by atoms with Crippen LogP contribution in [0.25, 0.3) is 0 Å². The van der Waals surface area contributed by atoms with Gasteiger partial charge in [-0.3, -0.25) is 19.7 Å². The number of fused-ring (bicyclic) bond motifs is 1. The first-order chi connectivity index (χ1) is 11.0. The summed E-state index contributed by atoms with van der Waals surface area (Å²) in [5.41, 5.74) is 6.70. The van der Waals surface area contributed by atoms with E-state index in [2.05, 4.69) is 5.32 Å². The molecule has 0 aromatic heterocycles. The normalized spacial score (nSPS) is 24.6. The standard InChI is InChI=1S/C13H16B4FN3O3/c14-12(15)8(9(22)20-11(24)13(12,16)17)21-3-6-5(10(21)23)1-4(18)2-7(6)19/h1-2,8H,3,14-17,19H2,(H,20,22,24)/t8-/m1/s1. The number of hydrogen-bond donors (Lipinski definition) is 2. The van der Waals surface area contributed by atoms with Gasteiger partial charge in [-0.2, -0.15) is 0 Å². The molecule has 3 rings (SSSR count). The maximum atomic E-state index is 13.6. The second kappa shape index (κ2) is 4.91. The number of benzene rings is 1. The van der Waals surface area contributed by atoms with Crippen LogP contribution in [0.15, 0.2) is 12.1 Å². The van der Waals surface area contributed by atoms with Gasteiger partial charge in [-0.1, -0.05) is 5.21 Å². The summed E-state index contributed by atoms with van der Waals surface area (Å²) in [6.45, 7) is 0.117. The third-order valence-electron chi connectivity index (χ3n) is 5.73. The highest BCUT2D eigenvalue weighted by Crippen LogP contribution is 2.50. The Kier molecular flexibility index (Phi) is 3.41. The number of rotatable bonds is 1. The van der Waals surface area contributed by atoms with Crippen LogP contribution >= 0.6 is 0 Å². The highest BCUT2D eigenvalue weighted by atomic mass is 19.1. The van der Waals surface area contributed by atoms with Gasteiger partial charge in [0.15, 0.2) is 0 Å². The van der Waals surface area contributed by atoms with Crippen molar-refractivity contribution in [2.24, 2.45) is 0 Å². The summed E-state index contributed by atoms with van der Waals surface area (Å²) >= 11 is 0. The molecule has 2 aliphatic rings. The molecule has 0 spiro atoms. The molecule has 0 unspecified atom stereocenters. The van der Waals surface area contributed by atoms with Crippen molar-refractivity contribution in [3.63, 3.8) is 0 Å². The fourth-order valence-electron chi connectivity index (χ4n) is 3.46. The molecular formula is C13H16B4FN3O3. The second-order valence-electron chi connectivity index (χ2n) is 7.52. The van der Waals surface area contributed by atoms with Crippen molar-refractivity contribution in [2.75, 3.05) is 5.73 Å². The summed E-state index contributed by atoms with van der Waals surface area (Å²) in [5, 5.41) is 0.677. The Balaban J connectivity index is 2.07. The number of carbonyl (C=O) groups is 3. The molecule has 1 saturated heterocycles. The van der Waals surface area contributed by atoms with Gasteiger partial charge in [0.05, 0.1) is 0 Å². The lowest BCUT2D eigenvalue weighted by atomic mass is 9.26. The Labute approximate surface area is 142 Å². The van der Waals surface area contributed by atoms with E-state index in [0.29, 0.717) is 5.56 Å². The molecule has 2 heterocycles. The van der Waals surface area contributed by atoms with Crippen LogP contribution in [-0.2, 0) is 16.1 Å². The summed E-state index contributed by atoms with van der Waals surface area (Å²) in [7, 11) is 7.05. The Hall–Kier alpha value is -2.18. The molecule has 0 aliphatic carbocycles. The molecule has 3 N–H and O–H groups in total.